The molecule has 1 saturated carbocycles. The van der Waals surface area contributed by atoms with Crippen molar-refractivity contribution in [3.63, 3.8) is 0 Å². The van der Waals surface area contributed by atoms with Crippen LogP contribution in [0.4, 0.5) is 5.82 Å². The molecular formula is C22H34N4O. The molecule has 3 heterocycles. The van der Waals surface area contributed by atoms with Gasteiger partial charge < -0.3 is 9.80 Å². The van der Waals surface area contributed by atoms with Crippen molar-refractivity contribution in [1.82, 2.24) is 14.9 Å². The average molecular weight is 371 g/mol. The highest BCUT2D eigenvalue weighted by molar-refractivity contribution is 5.77. The van der Waals surface area contributed by atoms with Gasteiger partial charge in [0.2, 0.25) is 5.91 Å². The van der Waals surface area contributed by atoms with Crippen molar-refractivity contribution in [3.8, 4) is 0 Å². The minimum absolute atomic E-state index is 0.330. The van der Waals surface area contributed by atoms with E-state index in [2.05, 4.69) is 28.6 Å². The number of amides is 1. The molecule has 0 aromatic carbocycles. The Morgan fingerprint density at radius 3 is 2.44 bits per heavy atom. The minimum Gasteiger partial charge on any atom is -0.356 e. The topological polar surface area (TPSA) is 49.3 Å². The number of nitrogens with zero attached hydrogens (tertiary/aromatic N) is 4. The van der Waals surface area contributed by atoms with Crippen LogP contribution >= 0.6 is 0 Å². The molecule has 1 aromatic rings. The highest BCUT2D eigenvalue weighted by Gasteiger charge is 2.43. The van der Waals surface area contributed by atoms with Gasteiger partial charge in [0.1, 0.15) is 11.6 Å². The maximum atomic E-state index is 12.6. The van der Waals surface area contributed by atoms with Gasteiger partial charge in [-0.1, -0.05) is 19.8 Å². The third kappa shape index (κ3) is 3.57. The van der Waals surface area contributed by atoms with E-state index in [1.807, 2.05) is 6.92 Å². The zero-order valence-electron chi connectivity index (χ0n) is 17.3. The van der Waals surface area contributed by atoms with Gasteiger partial charge in [0.15, 0.2) is 0 Å². The van der Waals surface area contributed by atoms with Crippen LogP contribution in [0.1, 0.15) is 75.4 Å². The van der Waals surface area contributed by atoms with Crippen LogP contribution in [0.5, 0.6) is 0 Å². The Morgan fingerprint density at radius 1 is 1.07 bits per heavy atom. The van der Waals surface area contributed by atoms with Crippen molar-refractivity contribution >= 4 is 11.7 Å². The van der Waals surface area contributed by atoms with Crippen LogP contribution in [0.2, 0.25) is 0 Å². The number of aryl methyl sites for hydroxylation is 2. The Balaban J connectivity index is 1.48. The molecule has 5 nitrogen and oxygen atoms in total. The third-order valence-corrected chi connectivity index (χ3v) is 7.24. The largest absolute Gasteiger partial charge is 0.356 e. The molecule has 3 fully saturated rings. The number of carbonyl (C=O) groups excluding carboxylic acids is 1. The van der Waals surface area contributed by atoms with Crippen LogP contribution < -0.4 is 4.90 Å². The van der Waals surface area contributed by atoms with Gasteiger partial charge >= 0.3 is 0 Å². The van der Waals surface area contributed by atoms with Crippen LogP contribution in [-0.4, -0.2) is 46.5 Å². The molecule has 1 aromatic heterocycles. The van der Waals surface area contributed by atoms with E-state index in [4.69, 9.17) is 4.98 Å². The second-order valence-electron chi connectivity index (χ2n) is 8.96. The number of carbonyl (C=O) groups is 1. The number of hydrogen-bond acceptors (Lipinski definition) is 4. The lowest BCUT2D eigenvalue weighted by Gasteiger charge is -2.49. The van der Waals surface area contributed by atoms with Crippen LogP contribution in [0, 0.1) is 19.3 Å². The lowest BCUT2D eigenvalue weighted by Crippen LogP contribution is -2.54. The predicted molar refractivity (Wildman–Crippen MR) is 108 cm³/mol. The molecule has 5 heteroatoms. The van der Waals surface area contributed by atoms with Gasteiger partial charge in [-0.2, -0.15) is 0 Å². The molecule has 0 radical (unpaired) electrons. The summed E-state index contributed by atoms with van der Waals surface area (Å²) in [5.41, 5.74) is 2.75. The van der Waals surface area contributed by atoms with Gasteiger partial charge in [-0.25, -0.2) is 9.97 Å². The van der Waals surface area contributed by atoms with E-state index in [1.54, 1.807) is 0 Å². The molecule has 0 atom stereocenters. The molecule has 27 heavy (non-hydrogen) atoms. The lowest BCUT2D eigenvalue weighted by molar-refractivity contribution is -0.141. The van der Waals surface area contributed by atoms with Crippen LogP contribution in [0.25, 0.3) is 0 Å². The van der Waals surface area contributed by atoms with E-state index in [9.17, 15) is 4.79 Å². The zero-order chi connectivity index (χ0) is 19.0. The summed E-state index contributed by atoms with van der Waals surface area (Å²) in [6, 6.07) is 0.520. The summed E-state index contributed by atoms with van der Waals surface area (Å²) in [4.78, 5) is 26.7. The number of hydrogen-bond donors (Lipinski definition) is 0. The fraction of sp³-hybridized carbons (Fsp3) is 0.773. The lowest BCUT2D eigenvalue weighted by atomic mass is 9.72. The second-order valence-corrected chi connectivity index (χ2v) is 8.96. The number of aromatic nitrogens is 2. The number of anilines is 1. The smallest absolute Gasteiger partial charge is 0.222 e. The van der Waals surface area contributed by atoms with Crippen molar-refractivity contribution in [2.75, 3.05) is 24.5 Å². The first-order chi connectivity index (χ1) is 13.0. The molecule has 4 rings (SSSR count). The fourth-order valence-electron chi connectivity index (χ4n) is 5.59. The Labute approximate surface area is 163 Å². The standard InChI is InChI=1S/C22H34N4O/c1-4-19-16(2)23-17(3)24-21(19)25-13-11-22(12-14-25)10-9-20(27)26(15-22)18-7-5-6-8-18/h18H,4-15H2,1-3H3. The molecule has 2 saturated heterocycles. The summed E-state index contributed by atoms with van der Waals surface area (Å²) in [5, 5.41) is 0. The monoisotopic (exact) mass is 370 g/mol. The van der Waals surface area contributed by atoms with Crippen molar-refractivity contribution in [2.24, 2.45) is 5.41 Å². The average Bonchev–Trinajstić information content (AvgIpc) is 3.19. The van der Waals surface area contributed by atoms with Crippen LogP contribution in [0.15, 0.2) is 0 Å². The van der Waals surface area contributed by atoms with Gasteiger partial charge in [0, 0.05) is 43.4 Å². The molecular weight excluding hydrogens is 336 g/mol. The molecule has 1 aliphatic carbocycles. The van der Waals surface area contributed by atoms with E-state index in [-0.39, 0.29) is 0 Å². The minimum atomic E-state index is 0.330. The van der Waals surface area contributed by atoms with Gasteiger partial charge in [0.05, 0.1) is 0 Å². The first-order valence-corrected chi connectivity index (χ1v) is 10.9. The Hall–Kier alpha value is -1.65. The molecule has 1 amide bonds. The number of rotatable bonds is 3. The highest BCUT2D eigenvalue weighted by Crippen LogP contribution is 2.43. The van der Waals surface area contributed by atoms with Gasteiger partial charge in [0.25, 0.3) is 0 Å². The highest BCUT2D eigenvalue weighted by atomic mass is 16.2. The summed E-state index contributed by atoms with van der Waals surface area (Å²) in [5.74, 6) is 2.43. The Kier molecular flexibility index (Phi) is 5.13. The van der Waals surface area contributed by atoms with Crippen molar-refractivity contribution < 1.29 is 4.79 Å². The molecule has 2 aliphatic heterocycles. The summed E-state index contributed by atoms with van der Waals surface area (Å²) < 4.78 is 0. The Bertz CT molecular complexity index is 703. The van der Waals surface area contributed by atoms with Crippen molar-refractivity contribution in [3.05, 3.63) is 17.1 Å². The zero-order valence-corrected chi connectivity index (χ0v) is 17.3. The van der Waals surface area contributed by atoms with E-state index in [0.29, 0.717) is 17.4 Å². The van der Waals surface area contributed by atoms with E-state index in [0.717, 1.165) is 56.2 Å². The maximum absolute atomic E-state index is 12.6. The normalized spacial score (nSPS) is 23.4. The Morgan fingerprint density at radius 2 is 1.78 bits per heavy atom. The second kappa shape index (κ2) is 7.40. The number of piperidine rings is 2. The molecule has 1 spiro atoms. The van der Waals surface area contributed by atoms with Crippen LogP contribution in [-0.2, 0) is 11.2 Å². The third-order valence-electron chi connectivity index (χ3n) is 7.24. The summed E-state index contributed by atoms with van der Waals surface area (Å²) in [6.07, 6.45) is 10.2. The SMILES string of the molecule is CCc1c(C)nc(C)nc1N1CCC2(CCC(=O)N(C3CCCC3)C2)CC1. The summed E-state index contributed by atoms with van der Waals surface area (Å²) in [6.45, 7) is 9.39. The number of likely N-dealkylation sites (tertiary alicyclic amines) is 1. The van der Waals surface area contributed by atoms with Gasteiger partial charge in [-0.3, -0.25) is 4.79 Å². The first kappa shape index (κ1) is 18.7. The van der Waals surface area contributed by atoms with Gasteiger partial charge in [-0.15, -0.1) is 0 Å². The molecule has 3 aliphatic rings. The van der Waals surface area contributed by atoms with Crippen LogP contribution in [0.3, 0.4) is 0 Å². The molecule has 0 N–H and O–H groups in total. The van der Waals surface area contributed by atoms with E-state index in [1.165, 1.54) is 44.1 Å². The van der Waals surface area contributed by atoms with E-state index >= 15 is 0 Å². The summed E-state index contributed by atoms with van der Waals surface area (Å²) in [7, 11) is 0. The fourth-order valence-corrected chi connectivity index (χ4v) is 5.59. The molecule has 0 unspecified atom stereocenters. The van der Waals surface area contributed by atoms with Crippen molar-refractivity contribution in [1.29, 1.82) is 0 Å². The molecule has 0 bridgehead atoms. The molecule has 148 valence electrons. The van der Waals surface area contributed by atoms with Crippen molar-refractivity contribution in [2.45, 2.75) is 84.6 Å². The van der Waals surface area contributed by atoms with E-state index < -0.39 is 0 Å². The van der Waals surface area contributed by atoms with Gasteiger partial charge in [-0.05, 0) is 57.8 Å². The predicted octanol–water partition coefficient (Wildman–Crippen LogP) is 3.81. The maximum Gasteiger partial charge on any atom is 0.222 e. The summed E-state index contributed by atoms with van der Waals surface area (Å²) >= 11 is 0. The first-order valence-electron chi connectivity index (χ1n) is 10.9. The quantitative estimate of drug-likeness (QED) is 0.812.